The van der Waals surface area contributed by atoms with E-state index in [1.54, 1.807) is 6.92 Å². The predicted molar refractivity (Wildman–Crippen MR) is 89.9 cm³/mol. The maximum Gasteiger partial charge on any atom is 0.338 e. The molecule has 0 fully saturated rings. The molecule has 0 N–H and O–H groups in total. The quantitative estimate of drug-likeness (QED) is 0.806. The molecule has 1 atom stereocenters. The summed E-state index contributed by atoms with van der Waals surface area (Å²) in [4.78, 5) is 24.7. The Morgan fingerprint density at radius 1 is 1.08 bits per heavy atom. The number of hydrogen-bond donors (Lipinski definition) is 0. The van der Waals surface area contributed by atoms with E-state index in [9.17, 15) is 9.59 Å². The molecule has 0 saturated carbocycles. The first-order valence-electron chi connectivity index (χ1n) is 7.93. The van der Waals surface area contributed by atoms with Gasteiger partial charge in [-0.25, -0.2) is 4.79 Å². The van der Waals surface area contributed by atoms with Crippen LogP contribution >= 0.6 is 0 Å². The molecule has 122 valence electrons. The molecule has 0 bridgehead atoms. The summed E-state index contributed by atoms with van der Waals surface area (Å²) < 4.78 is 10.7. The van der Waals surface area contributed by atoms with E-state index < -0.39 is 5.97 Å². The van der Waals surface area contributed by atoms with E-state index in [1.165, 1.54) is 0 Å². The van der Waals surface area contributed by atoms with Crippen molar-refractivity contribution in [1.29, 1.82) is 0 Å². The zero-order chi connectivity index (χ0) is 16.9. The van der Waals surface area contributed by atoms with Crippen molar-refractivity contribution in [3.63, 3.8) is 0 Å². The number of carbonyl (C=O) groups excluding carboxylic acids is 2. The summed E-state index contributed by atoms with van der Waals surface area (Å²) in [5.41, 5.74) is 1.98. The Balaban J connectivity index is 2.16. The van der Waals surface area contributed by atoms with E-state index in [-0.39, 0.29) is 24.9 Å². The Morgan fingerprint density at radius 2 is 1.71 bits per heavy atom. The van der Waals surface area contributed by atoms with E-state index in [1.807, 2.05) is 60.7 Å². The highest BCUT2D eigenvalue weighted by Gasteiger charge is 2.36. The Kier molecular flexibility index (Phi) is 4.75. The number of esters is 2. The molecule has 0 saturated heterocycles. The molecule has 2 aromatic carbocycles. The third-order valence-corrected chi connectivity index (χ3v) is 3.91. The first-order valence-corrected chi connectivity index (χ1v) is 7.93. The highest BCUT2D eigenvalue weighted by molar-refractivity contribution is 6.02. The summed E-state index contributed by atoms with van der Waals surface area (Å²) >= 11 is 0. The first-order chi connectivity index (χ1) is 11.7. The van der Waals surface area contributed by atoms with Gasteiger partial charge in [-0.2, -0.15) is 0 Å². The summed E-state index contributed by atoms with van der Waals surface area (Å²) in [6, 6.07) is 18.7. The lowest BCUT2D eigenvalue weighted by atomic mass is 9.84. The fourth-order valence-electron chi connectivity index (χ4n) is 2.86. The summed E-state index contributed by atoms with van der Waals surface area (Å²) in [5.74, 6) is -0.880. The minimum atomic E-state index is -0.447. The van der Waals surface area contributed by atoms with Crippen LogP contribution in [0.3, 0.4) is 0 Å². The molecule has 1 aliphatic rings. The molecule has 1 aliphatic heterocycles. The Bertz CT molecular complexity index is 763. The van der Waals surface area contributed by atoms with Gasteiger partial charge in [-0.05, 0) is 12.5 Å². The molecule has 0 aromatic heterocycles. The number of ether oxygens (including phenoxy) is 2. The standard InChI is InChI=1S/C20H18O4/c1-2-23-20(22)18-16(14-9-5-3-6-10-14)13-17(21)24-19(18)15-11-7-4-8-12-15/h3-12,16H,2,13H2,1H3. The van der Waals surface area contributed by atoms with Gasteiger partial charge in [0.05, 0.1) is 18.6 Å². The van der Waals surface area contributed by atoms with Crippen LogP contribution in [0.25, 0.3) is 5.76 Å². The van der Waals surface area contributed by atoms with Crippen LogP contribution in [0.4, 0.5) is 0 Å². The minimum absolute atomic E-state index is 0.120. The first kappa shape index (κ1) is 16.0. The van der Waals surface area contributed by atoms with E-state index in [0.29, 0.717) is 16.9 Å². The second kappa shape index (κ2) is 7.13. The Morgan fingerprint density at radius 3 is 2.33 bits per heavy atom. The SMILES string of the molecule is CCOC(=O)C1=C(c2ccccc2)OC(=O)CC1c1ccccc1. The minimum Gasteiger partial charge on any atom is -0.463 e. The van der Waals surface area contributed by atoms with Crippen molar-refractivity contribution in [2.75, 3.05) is 6.61 Å². The van der Waals surface area contributed by atoms with Crippen LogP contribution in [-0.2, 0) is 19.1 Å². The molecule has 4 nitrogen and oxygen atoms in total. The number of rotatable bonds is 4. The van der Waals surface area contributed by atoms with Gasteiger partial charge in [-0.1, -0.05) is 60.7 Å². The lowest BCUT2D eigenvalue weighted by Gasteiger charge is -2.27. The molecule has 0 spiro atoms. The van der Waals surface area contributed by atoms with Gasteiger partial charge in [0, 0.05) is 11.5 Å². The molecule has 4 heteroatoms. The van der Waals surface area contributed by atoms with Crippen LogP contribution in [0.15, 0.2) is 66.2 Å². The van der Waals surface area contributed by atoms with Crippen LogP contribution in [0.5, 0.6) is 0 Å². The van der Waals surface area contributed by atoms with E-state index in [0.717, 1.165) is 5.56 Å². The largest absolute Gasteiger partial charge is 0.463 e. The molecule has 3 rings (SSSR count). The van der Waals surface area contributed by atoms with Crippen LogP contribution < -0.4 is 0 Å². The zero-order valence-electron chi connectivity index (χ0n) is 13.4. The van der Waals surface area contributed by atoms with Crippen LogP contribution in [0, 0.1) is 0 Å². The Labute approximate surface area is 140 Å². The molecular weight excluding hydrogens is 304 g/mol. The van der Waals surface area contributed by atoms with Gasteiger partial charge < -0.3 is 9.47 Å². The normalized spacial score (nSPS) is 17.4. The van der Waals surface area contributed by atoms with Crippen molar-refractivity contribution in [3.05, 3.63) is 77.4 Å². The van der Waals surface area contributed by atoms with Crippen molar-refractivity contribution in [2.45, 2.75) is 19.3 Å². The average molecular weight is 322 g/mol. The zero-order valence-corrected chi connectivity index (χ0v) is 13.4. The lowest BCUT2D eigenvalue weighted by Crippen LogP contribution is -2.25. The third kappa shape index (κ3) is 3.23. The summed E-state index contributed by atoms with van der Waals surface area (Å²) in [5, 5.41) is 0. The van der Waals surface area contributed by atoms with Crippen molar-refractivity contribution in [1.82, 2.24) is 0 Å². The van der Waals surface area contributed by atoms with Crippen molar-refractivity contribution >= 4 is 17.7 Å². The van der Waals surface area contributed by atoms with Gasteiger partial charge in [0.25, 0.3) is 0 Å². The predicted octanol–water partition coefficient (Wildman–Crippen LogP) is 3.69. The summed E-state index contributed by atoms with van der Waals surface area (Å²) in [6.45, 7) is 2.02. The maximum atomic E-state index is 12.6. The van der Waals surface area contributed by atoms with Crippen LogP contribution in [-0.4, -0.2) is 18.5 Å². The molecule has 1 unspecified atom stereocenters. The van der Waals surface area contributed by atoms with Crippen molar-refractivity contribution < 1.29 is 19.1 Å². The van der Waals surface area contributed by atoms with Gasteiger partial charge in [0.1, 0.15) is 5.76 Å². The Hall–Kier alpha value is -2.88. The number of hydrogen-bond acceptors (Lipinski definition) is 4. The number of cyclic esters (lactones) is 1. The number of carbonyl (C=O) groups is 2. The molecule has 24 heavy (non-hydrogen) atoms. The van der Waals surface area contributed by atoms with Gasteiger partial charge in [-0.15, -0.1) is 0 Å². The van der Waals surface area contributed by atoms with E-state index >= 15 is 0 Å². The number of benzene rings is 2. The fourth-order valence-corrected chi connectivity index (χ4v) is 2.86. The second-order valence-electron chi connectivity index (χ2n) is 5.47. The van der Waals surface area contributed by atoms with Crippen LogP contribution in [0.1, 0.15) is 30.4 Å². The highest BCUT2D eigenvalue weighted by atomic mass is 16.5. The maximum absolute atomic E-state index is 12.6. The molecule has 0 amide bonds. The molecule has 0 radical (unpaired) electrons. The topological polar surface area (TPSA) is 52.6 Å². The summed E-state index contributed by atoms with van der Waals surface area (Å²) in [6.07, 6.45) is 0.120. The van der Waals surface area contributed by atoms with Gasteiger partial charge in [0.15, 0.2) is 0 Å². The second-order valence-corrected chi connectivity index (χ2v) is 5.47. The highest BCUT2D eigenvalue weighted by Crippen LogP contribution is 2.39. The average Bonchev–Trinajstić information content (AvgIpc) is 2.62. The van der Waals surface area contributed by atoms with E-state index in [2.05, 4.69) is 0 Å². The van der Waals surface area contributed by atoms with Crippen molar-refractivity contribution in [3.8, 4) is 0 Å². The third-order valence-electron chi connectivity index (χ3n) is 3.91. The van der Waals surface area contributed by atoms with Gasteiger partial charge >= 0.3 is 11.9 Å². The van der Waals surface area contributed by atoms with Crippen LogP contribution in [0.2, 0.25) is 0 Å². The summed E-state index contributed by atoms with van der Waals surface area (Å²) in [7, 11) is 0. The monoisotopic (exact) mass is 322 g/mol. The van der Waals surface area contributed by atoms with Gasteiger partial charge in [-0.3, -0.25) is 4.79 Å². The molecule has 1 heterocycles. The fraction of sp³-hybridized carbons (Fsp3) is 0.200. The molecule has 0 aliphatic carbocycles. The smallest absolute Gasteiger partial charge is 0.338 e. The lowest BCUT2D eigenvalue weighted by molar-refractivity contribution is -0.141. The van der Waals surface area contributed by atoms with Gasteiger partial charge in [0.2, 0.25) is 0 Å². The molecule has 2 aromatic rings. The van der Waals surface area contributed by atoms with E-state index in [4.69, 9.17) is 9.47 Å². The molecular formula is C20H18O4. The van der Waals surface area contributed by atoms with Crippen molar-refractivity contribution in [2.24, 2.45) is 0 Å².